The van der Waals surface area contributed by atoms with E-state index in [1.165, 1.54) is 16.4 Å². The Morgan fingerprint density at radius 1 is 1.14 bits per heavy atom. The zero-order valence-electron chi connectivity index (χ0n) is 20.7. The molecule has 0 spiro atoms. The van der Waals surface area contributed by atoms with Crippen LogP contribution in [0.15, 0.2) is 70.3 Å². The number of benzene rings is 2. The molecule has 1 N–H and O–H groups in total. The molecule has 0 saturated carbocycles. The quantitative estimate of drug-likeness (QED) is 0.246. The van der Waals surface area contributed by atoms with Crippen LogP contribution < -0.4 is 14.7 Å². The number of nitrogens with zero attached hydrogens (tertiary/aromatic N) is 4. The minimum absolute atomic E-state index is 0.0276. The number of rotatable bonds is 10. The highest BCUT2D eigenvalue weighted by molar-refractivity contribution is 8.00. The maximum absolute atomic E-state index is 12.6. The summed E-state index contributed by atoms with van der Waals surface area (Å²) in [5.41, 5.74) is 4.74. The minimum Gasteiger partial charge on any atom is -0.497 e. The Labute approximate surface area is 219 Å². The lowest BCUT2D eigenvalue weighted by atomic mass is 9.98. The van der Waals surface area contributed by atoms with Gasteiger partial charge in [-0.15, -0.1) is 0 Å². The highest BCUT2D eigenvalue weighted by Crippen LogP contribution is 2.34. The topological polar surface area (TPSA) is 114 Å². The molecule has 2 heterocycles. The van der Waals surface area contributed by atoms with Gasteiger partial charge in [0.2, 0.25) is 17.7 Å². The fourth-order valence-electron chi connectivity index (χ4n) is 3.54. The van der Waals surface area contributed by atoms with Gasteiger partial charge in [0.05, 0.1) is 24.1 Å². The molecule has 0 saturated heterocycles. The number of hydrogen-bond donors (Lipinski definition) is 1. The van der Waals surface area contributed by atoms with Gasteiger partial charge < -0.3 is 9.47 Å². The molecule has 0 unspecified atom stereocenters. The number of carbonyl (C=O) groups is 1. The van der Waals surface area contributed by atoms with Gasteiger partial charge in [0.15, 0.2) is 0 Å². The van der Waals surface area contributed by atoms with E-state index in [0.717, 1.165) is 28.0 Å². The first-order chi connectivity index (χ1) is 18.0. The van der Waals surface area contributed by atoms with Crippen LogP contribution in [0.5, 0.6) is 5.75 Å². The summed E-state index contributed by atoms with van der Waals surface area (Å²) in [6, 6.07) is 19.7. The first-order valence-electron chi connectivity index (χ1n) is 11.5. The Morgan fingerprint density at radius 3 is 2.54 bits per heavy atom. The van der Waals surface area contributed by atoms with E-state index in [0.29, 0.717) is 29.4 Å². The smallest absolute Gasteiger partial charge is 0.302 e. The van der Waals surface area contributed by atoms with E-state index in [-0.39, 0.29) is 17.5 Å². The Hall–Kier alpha value is -4.20. The van der Waals surface area contributed by atoms with E-state index in [2.05, 4.69) is 16.7 Å². The number of methoxy groups -OCH3 is 2. The normalized spacial score (nSPS) is 10.6. The molecular weight excluding hydrogens is 490 g/mol. The van der Waals surface area contributed by atoms with Crippen LogP contribution in [0.4, 0.5) is 5.88 Å². The average molecular weight is 517 g/mol. The molecule has 4 aromatic rings. The second-order valence-electron chi connectivity index (χ2n) is 8.10. The summed E-state index contributed by atoms with van der Waals surface area (Å²) in [4.78, 5) is 17.4. The fourth-order valence-corrected chi connectivity index (χ4v) is 4.34. The van der Waals surface area contributed by atoms with Gasteiger partial charge in [-0.25, -0.2) is 4.98 Å². The number of thioether (sulfide) groups is 1. The molecule has 0 bridgehead atoms. The highest BCUT2D eigenvalue weighted by atomic mass is 32.2. The van der Waals surface area contributed by atoms with Crippen LogP contribution in [0.2, 0.25) is 0 Å². The van der Waals surface area contributed by atoms with Crippen molar-refractivity contribution < 1.29 is 23.5 Å². The van der Waals surface area contributed by atoms with E-state index in [4.69, 9.17) is 19.0 Å². The molecule has 10 heteroatoms. The summed E-state index contributed by atoms with van der Waals surface area (Å²) in [6.07, 6.45) is 1.58. The van der Waals surface area contributed by atoms with Gasteiger partial charge in [-0.05, 0) is 47.5 Å². The standard InChI is InChI=1S/C27H25N5O4S/c1-18-4-6-19(7-5-18)22-14-24(20-8-10-21(35-3)11-9-20)29-27(23(22)15-28)37-17-25(33)30-26-16-32(31-36-26)12-13-34-2/h4-11,14,16H,12-13,17H2,1-3H3/p+1. The summed E-state index contributed by atoms with van der Waals surface area (Å²) in [7, 11) is 3.21. The molecule has 2 aromatic heterocycles. The molecule has 9 nitrogen and oxygen atoms in total. The van der Waals surface area contributed by atoms with Crippen molar-refractivity contribution in [3.8, 4) is 34.2 Å². The summed E-state index contributed by atoms with van der Waals surface area (Å²) in [5.74, 6) is 0.679. The second-order valence-corrected chi connectivity index (χ2v) is 9.06. The maximum Gasteiger partial charge on any atom is 0.302 e. The first-order valence-corrected chi connectivity index (χ1v) is 12.4. The zero-order valence-corrected chi connectivity index (χ0v) is 21.5. The van der Waals surface area contributed by atoms with Crippen LogP contribution in [-0.2, 0) is 16.1 Å². The zero-order chi connectivity index (χ0) is 26.2. The van der Waals surface area contributed by atoms with Crippen LogP contribution in [0, 0.1) is 18.3 Å². The lowest BCUT2D eigenvalue weighted by molar-refractivity contribution is -0.763. The molecule has 1 amide bonds. The van der Waals surface area contributed by atoms with Crippen LogP contribution in [0.1, 0.15) is 11.1 Å². The molecule has 4 rings (SSSR count). The first kappa shape index (κ1) is 25.9. The molecule has 188 valence electrons. The van der Waals surface area contributed by atoms with Gasteiger partial charge in [-0.3, -0.25) is 14.6 Å². The van der Waals surface area contributed by atoms with Crippen molar-refractivity contribution in [3.63, 3.8) is 0 Å². The number of anilines is 1. The number of ether oxygens (including phenoxy) is 2. The number of pyridine rings is 1. The molecular formula is C27H26N5O4S+. The minimum atomic E-state index is -0.308. The molecule has 0 radical (unpaired) electrons. The molecule has 0 aliphatic carbocycles. The van der Waals surface area contributed by atoms with E-state index in [9.17, 15) is 10.1 Å². The van der Waals surface area contributed by atoms with Crippen molar-refractivity contribution in [2.45, 2.75) is 18.5 Å². The molecule has 2 aromatic carbocycles. The Bertz CT molecular complexity index is 1410. The average Bonchev–Trinajstić information content (AvgIpc) is 3.37. The highest BCUT2D eigenvalue weighted by Gasteiger charge is 2.19. The van der Waals surface area contributed by atoms with Crippen LogP contribution in [0.3, 0.4) is 0 Å². The van der Waals surface area contributed by atoms with Crippen LogP contribution in [-0.4, -0.2) is 42.7 Å². The van der Waals surface area contributed by atoms with Gasteiger partial charge in [0.25, 0.3) is 6.20 Å². The summed E-state index contributed by atoms with van der Waals surface area (Å²) in [6.45, 7) is 2.98. The largest absolute Gasteiger partial charge is 0.497 e. The summed E-state index contributed by atoms with van der Waals surface area (Å²) >= 11 is 1.19. The fraction of sp³-hybridized carbons (Fsp3) is 0.222. The monoisotopic (exact) mass is 516 g/mol. The van der Waals surface area contributed by atoms with Crippen molar-refractivity contribution in [2.75, 3.05) is 31.9 Å². The number of carbonyl (C=O) groups excluding carboxylic acids is 1. The van der Waals surface area contributed by atoms with Gasteiger partial charge in [-0.1, -0.05) is 41.6 Å². The Morgan fingerprint density at radius 2 is 1.86 bits per heavy atom. The van der Waals surface area contributed by atoms with Crippen LogP contribution >= 0.6 is 11.8 Å². The summed E-state index contributed by atoms with van der Waals surface area (Å²) < 4.78 is 17.0. The Kier molecular flexibility index (Phi) is 8.51. The molecule has 0 atom stereocenters. The molecule has 37 heavy (non-hydrogen) atoms. The third kappa shape index (κ3) is 6.52. The predicted molar refractivity (Wildman–Crippen MR) is 139 cm³/mol. The van der Waals surface area contributed by atoms with E-state index in [1.54, 1.807) is 20.4 Å². The second kappa shape index (κ2) is 12.2. The van der Waals surface area contributed by atoms with Crippen LogP contribution in [0.25, 0.3) is 22.4 Å². The number of aryl methyl sites for hydroxylation is 1. The number of amides is 1. The van der Waals surface area contributed by atoms with Crippen molar-refractivity contribution in [2.24, 2.45) is 0 Å². The lowest BCUT2D eigenvalue weighted by Gasteiger charge is -2.13. The van der Waals surface area contributed by atoms with E-state index < -0.39 is 0 Å². The number of nitrogens with one attached hydrogen (secondary N) is 1. The lowest BCUT2D eigenvalue weighted by Crippen LogP contribution is -2.36. The SMILES string of the molecule is COCC[n+]1cc(NC(=O)CSc2nc(-c3ccc(OC)cc3)cc(-c3ccc(C)cc3)c2C#N)on1. The van der Waals surface area contributed by atoms with Crippen molar-refractivity contribution in [1.82, 2.24) is 10.3 Å². The number of nitriles is 1. The third-order valence-electron chi connectivity index (χ3n) is 5.48. The number of aromatic nitrogens is 3. The van der Waals surface area contributed by atoms with E-state index >= 15 is 0 Å². The van der Waals surface area contributed by atoms with Crippen molar-refractivity contribution in [1.29, 1.82) is 5.26 Å². The van der Waals surface area contributed by atoms with Gasteiger partial charge >= 0.3 is 5.88 Å². The van der Waals surface area contributed by atoms with Gasteiger partial charge in [0.1, 0.15) is 23.5 Å². The van der Waals surface area contributed by atoms with Gasteiger partial charge in [-0.2, -0.15) is 5.26 Å². The predicted octanol–water partition coefficient (Wildman–Crippen LogP) is 4.26. The molecule has 0 aliphatic heterocycles. The van der Waals surface area contributed by atoms with Gasteiger partial charge in [0, 0.05) is 18.2 Å². The number of hydrogen-bond acceptors (Lipinski definition) is 8. The Balaban J connectivity index is 1.62. The van der Waals surface area contributed by atoms with Crippen molar-refractivity contribution in [3.05, 3.63) is 71.9 Å². The third-order valence-corrected chi connectivity index (χ3v) is 6.46. The van der Waals surface area contributed by atoms with Crippen molar-refractivity contribution >= 4 is 23.6 Å². The maximum atomic E-state index is 12.6. The molecule has 0 fully saturated rings. The molecule has 0 aliphatic rings. The summed E-state index contributed by atoms with van der Waals surface area (Å²) in [5, 5.41) is 17.0. The van der Waals surface area contributed by atoms with E-state index in [1.807, 2.05) is 61.5 Å².